The van der Waals surface area contributed by atoms with Crippen molar-refractivity contribution >= 4 is 29.3 Å². The average molecular weight is 439 g/mol. The molecule has 10 heteroatoms. The SMILES string of the molecule is CC1CCN(c2nc3c(c(=O)[nH]2)[C@H](C(=O)Nc2ccc4c(c2)OCCO4)CC(=O)N3)CC1. The maximum Gasteiger partial charge on any atom is 0.258 e. The molecular formula is C22H25N5O5. The molecule has 1 fully saturated rings. The summed E-state index contributed by atoms with van der Waals surface area (Å²) in [6.45, 7) is 4.67. The number of benzene rings is 1. The van der Waals surface area contributed by atoms with Gasteiger partial charge in [-0.05, 0) is 30.9 Å². The number of fused-ring (bicyclic) bond motifs is 2. The van der Waals surface area contributed by atoms with Crippen LogP contribution in [0.3, 0.4) is 0 Å². The maximum absolute atomic E-state index is 13.1. The van der Waals surface area contributed by atoms with E-state index in [0.717, 1.165) is 25.9 Å². The highest BCUT2D eigenvalue weighted by Gasteiger charge is 2.35. The lowest BCUT2D eigenvalue weighted by atomic mass is 9.92. The second-order valence-electron chi connectivity index (χ2n) is 8.47. The average Bonchev–Trinajstić information content (AvgIpc) is 2.78. The van der Waals surface area contributed by atoms with E-state index < -0.39 is 17.4 Å². The first kappa shape index (κ1) is 20.3. The maximum atomic E-state index is 13.1. The fourth-order valence-corrected chi connectivity index (χ4v) is 4.30. The number of H-pyrrole nitrogens is 1. The number of aromatic nitrogens is 2. The van der Waals surface area contributed by atoms with Crippen molar-refractivity contribution in [2.45, 2.75) is 32.1 Å². The number of anilines is 3. The molecule has 10 nitrogen and oxygen atoms in total. The summed E-state index contributed by atoms with van der Waals surface area (Å²) in [6.07, 6.45) is 1.89. The fourth-order valence-electron chi connectivity index (χ4n) is 4.30. The van der Waals surface area contributed by atoms with Gasteiger partial charge in [-0.1, -0.05) is 6.92 Å². The molecule has 32 heavy (non-hydrogen) atoms. The van der Waals surface area contributed by atoms with Crippen LogP contribution in [0.1, 0.15) is 37.7 Å². The molecule has 3 aliphatic heterocycles. The van der Waals surface area contributed by atoms with Gasteiger partial charge in [0.2, 0.25) is 17.8 Å². The summed E-state index contributed by atoms with van der Waals surface area (Å²) in [6, 6.07) is 5.07. The molecule has 1 aromatic carbocycles. The molecule has 1 aromatic heterocycles. The summed E-state index contributed by atoms with van der Waals surface area (Å²) >= 11 is 0. The first-order valence-corrected chi connectivity index (χ1v) is 10.9. The third-order valence-corrected chi connectivity index (χ3v) is 6.15. The largest absolute Gasteiger partial charge is 0.486 e. The Morgan fingerprint density at radius 1 is 1.16 bits per heavy atom. The van der Waals surface area contributed by atoms with Crippen molar-refractivity contribution in [3.63, 3.8) is 0 Å². The van der Waals surface area contributed by atoms with Gasteiger partial charge in [0, 0.05) is 31.3 Å². The Morgan fingerprint density at radius 3 is 2.69 bits per heavy atom. The number of ether oxygens (including phenoxy) is 2. The van der Waals surface area contributed by atoms with Gasteiger partial charge in [0.05, 0.1) is 11.5 Å². The van der Waals surface area contributed by atoms with Gasteiger partial charge in [-0.2, -0.15) is 4.98 Å². The van der Waals surface area contributed by atoms with Crippen LogP contribution in [0.5, 0.6) is 11.5 Å². The third kappa shape index (κ3) is 3.88. The number of nitrogens with zero attached hydrogens (tertiary/aromatic N) is 2. The van der Waals surface area contributed by atoms with Gasteiger partial charge in [-0.25, -0.2) is 0 Å². The molecule has 3 aliphatic rings. The summed E-state index contributed by atoms with van der Waals surface area (Å²) in [5, 5.41) is 5.45. The second kappa shape index (κ2) is 8.18. The van der Waals surface area contributed by atoms with Gasteiger partial charge >= 0.3 is 0 Å². The number of carbonyl (C=O) groups is 2. The summed E-state index contributed by atoms with van der Waals surface area (Å²) in [4.78, 5) is 47.7. The van der Waals surface area contributed by atoms with Crippen LogP contribution in [0.2, 0.25) is 0 Å². The van der Waals surface area contributed by atoms with Gasteiger partial charge in [-0.3, -0.25) is 19.4 Å². The van der Waals surface area contributed by atoms with Crippen LogP contribution in [0.4, 0.5) is 17.5 Å². The molecule has 2 amide bonds. The van der Waals surface area contributed by atoms with Crippen LogP contribution in [0, 0.1) is 5.92 Å². The van der Waals surface area contributed by atoms with Crippen molar-refractivity contribution in [1.82, 2.24) is 9.97 Å². The number of hydrogen-bond donors (Lipinski definition) is 3. The predicted octanol–water partition coefficient (Wildman–Crippen LogP) is 1.84. The molecule has 168 valence electrons. The number of amides is 2. The van der Waals surface area contributed by atoms with Gasteiger partial charge in [0.1, 0.15) is 19.0 Å². The Hall–Kier alpha value is -3.56. The highest BCUT2D eigenvalue weighted by Crippen LogP contribution is 2.34. The van der Waals surface area contributed by atoms with Crippen molar-refractivity contribution in [3.8, 4) is 11.5 Å². The second-order valence-corrected chi connectivity index (χ2v) is 8.47. The van der Waals surface area contributed by atoms with Crippen molar-refractivity contribution < 1.29 is 19.1 Å². The van der Waals surface area contributed by atoms with Gasteiger partial charge in [0.15, 0.2) is 11.5 Å². The van der Waals surface area contributed by atoms with Crippen molar-refractivity contribution in [3.05, 3.63) is 34.1 Å². The normalized spacial score (nSPS) is 20.3. The van der Waals surface area contributed by atoms with E-state index in [1.54, 1.807) is 18.2 Å². The summed E-state index contributed by atoms with van der Waals surface area (Å²) < 4.78 is 11.0. The predicted molar refractivity (Wildman–Crippen MR) is 118 cm³/mol. The van der Waals surface area contributed by atoms with Crippen LogP contribution in [0.25, 0.3) is 0 Å². The highest BCUT2D eigenvalue weighted by atomic mass is 16.6. The smallest absolute Gasteiger partial charge is 0.258 e. The highest BCUT2D eigenvalue weighted by molar-refractivity contribution is 6.04. The van der Waals surface area contributed by atoms with Crippen LogP contribution in [-0.4, -0.2) is 48.1 Å². The molecule has 0 spiro atoms. The molecule has 1 atom stereocenters. The Labute approximate surface area is 184 Å². The number of hydrogen-bond acceptors (Lipinski definition) is 7. The zero-order valence-electron chi connectivity index (χ0n) is 17.8. The van der Waals surface area contributed by atoms with Crippen molar-refractivity contribution in [1.29, 1.82) is 0 Å². The summed E-state index contributed by atoms with van der Waals surface area (Å²) in [5.74, 6) is 0.603. The standard InChI is InChI=1S/C22H25N5O5/c1-12-4-6-27(7-5-12)22-25-19-18(21(30)26-22)14(11-17(28)24-19)20(29)23-13-2-3-15-16(10-13)32-9-8-31-15/h2-3,10,12,14H,4-9,11H2,1H3,(H,23,29)(H2,24,25,26,28,30)/t14-/m1/s1. The number of rotatable bonds is 3. The zero-order valence-corrected chi connectivity index (χ0v) is 17.8. The van der Waals surface area contributed by atoms with E-state index >= 15 is 0 Å². The molecular weight excluding hydrogens is 414 g/mol. The van der Waals surface area contributed by atoms with E-state index in [9.17, 15) is 14.4 Å². The van der Waals surface area contributed by atoms with Gasteiger partial charge in [-0.15, -0.1) is 0 Å². The molecule has 1 saturated heterocycles. The monoisotopic (exact) mass is 439 g/mol. The van der Waals surface area contributed by atoms with E-state index in [0.29, 0.717) is 42.3 Å². The van der Waals surface area contributed by atoms with Crippen molar-refractivity contribution in [2.24, 2.45) is 5.92 Å². The number of carbonyl (C=O) groups excluding carboxylic acids is 2. The van der Waals surface area contributed by atoms with Gasteiger partial charge < -0.3 is 25.0 Å². The van der Waals surface area contributed by atoms with E-state index in [1.165, 1.54) is 0 Å². The lowest BCUT2D eigenvalue weighted by molar-refractivity contribution is -0.123. The van der Waals surface area contributed by atoms with Crippen LogP contribution < -0.4 is 30.6 Å². The molecule has 0 bridgehead atoms. The van der Waals surface area contributed by atoms with E-state index in [-0.39, 0.29) is 23.7 Å². The Balaban J connectivity index is 1.40. The molecule has 2 aromatic rings. The van der Waals surface area contributed by atoms with Gasteiger partial charge in [0.25, 0.3) is 5.56 Å². The molecule has 0 saturated carbocycles. The number of piperidine rings is 1. The Morgan fingerprint density at radius 2 is 1.91 bits per heavy atom. The quantitative estimate of drug-likeness (QED) is 0.666. The Kier molecular flexibility index (Phi) is 5.20. The topological polar surface area (TPSA) is 126 Å². The molecule has 0 aliphatic carbocycles. The van der Waals surface area contributed by atoms with E-state index in [1.807, 2.05) is 4.90 Å². The number of aromatic amines is 1. The first-order valence-electron chi connectivity index (χ1n) is 10.9. The molecule has 3 N–H and O–H groups in total. The molecule has 0 radical (unpaired) electrons. The van der Waals surface area contributed by atoms with Crippen LogP contribution in [0.15, 0.2) is 23.0 Å². The lowest BCUT2D eigenvalue weighted by Gasteiger charge is -2.31. The fraction of sp³-hybridized carbons (Fsp3) is 0.455. The molecule has 4 heterocycles. The Bertz CT molecular complexity index is 1120. The minimum atomic E-state index is -0.946. The van der Waals surface area contributed by atoms with E-state index in [2.05, 4.69) is 27.5 Å². The third-order valence-electron chi connectivity index (χ3n) is 6.15. The molecule has 5 rings (SSSR count). The first-order chi connectivity index (χ1) is 15.5. The van der Waals surface area contributed by atoms with Crippen LogP contribution in [-0.2, 0) is 9.59 Å². The summed E-state index contributed by atoms with van der Waals surface area (Å²) in [7, 11) is 0. The summed E-state index contributed by atoms with van der Waals surface area (Å²) in [5.41, 5.74) is 0.259. The number of nitrogens with one attached hydrogen (secondary N) is 3. The molecule has 0 unspecified atom stereocenters. The zero-order chi connectivity index (χ0) is 22.2. The van der Waals surface area contributed by atoms with Crippen LogP contribution >= 0.6 is 0 Å². The van der Waals surface area contributed by atoms with E-state index in [4.69, 9.17) is 9.47 Å². The van der Waals surface area contributed by atoms with Crippen molar-refractivity contribution in [2.75, 3.05) is 41.8 Å². The lowest BCUT2D eigenvalue weighted by Crippen LogP contribution is -2.39. The minimum absolute atomic E-state index is 0.130. The minimum Gasteiger partial charge on any atom is -0.486 e.